The molecule has 0 bridgehead atoms. The molecule has 1 fully saturated rings. The SMILES string of the molecule is CC(=O)N[C@@H]1CCCC[C@@H]1NCC(=O)O. The largest absolute Gasteiger partial charge is 0.480 e. The molecule has 0 aromatic rings. The molecule has 2 atom stereocenters. The van der Waals surface area contributed by atoms with Gasteiger partial charge in [-0.2, -0.15) is 0 Å². The van der Waals surface area contributed by atoms with Gasteiger partial charge in [-0.05, 0) is 12.8 Å². The Kier molecular flexibility index (Phi) is 4.55. The van der Waals surface area contributed by atoms with Crippen molar-refractivity contribution >= 4 is 11.9 Å². The maximum absolute atomic E-state index is 10.9. The lowest BCUT2D eigenvalue weighted by molar-refractivity contribution is -0.136. The third-order valence-corrected chi connectivity index (χ3v) is 2.67. The smallest absolute Gasteiger partial charge is 0.317 e. The number of rotatable bonds is 4. The maximum atomic E-state index is 10.9. The van der Waals surface area contributed by atoms with Crippen molar-refractivity contribution in [3.05, 3.63) is 0 Å². The number of aliphatic carboxylic acids is 1. The van der Waals surface area contributed by atoms with E-state index in [0.29, 0.717) is 0 Å². The summed E-state index contributed by atoms with van der Waals surface area (Å²) in [5, 5.41) is 14.4. The van der Waals surface area contributed by atoms with Gasteiger partial charge in [0.1, 0.15) is 0 Å². The van der Waals surface area contributed by atoms with Crippen LogP contribution in [0.15, 0.2) is 0 Å². The number of carboxylic acids is 1. The fourth-order valence-electron chi connectivity index (χ4n) is 2.03. The number of hydrogen-bond donors (Lipinski definition) is 3. The molecule has 0 aromatic heterocycles. The molecular formula is C10H18N2O3. The summed E-state index contributed by atoms with van der Waals surface area (Å²) in [6, 6.07) is 0.175. The van der Waals surface area contributed by atoms with Crippen molar-refractivity contribution in [2.24, 2.45) is 0 Å². The molecule has 0 aliphatic heterocycles. The predicted molar refractivity (Wildman–Crippen MR) is 55.5 cm³/mol. The van der Waals surface area contributed by atoms with Crippen molar-refractivity contribution in [1.82, 2.24) is 10.6 Å². The minimum atomic E-state index is -0.859. The van der Waals surface area contributed by atoms with Crippen LogP contribution >= 0.6 is 0 Å². The first-order chi connectivity index (χ1) is 7.09. The summed E-state index contributed by atoms with van der Waals surface area (Å²) >= 11 is 0. The number of hydrogen-bond acceptors (Lipinski definition) is 3. The van der Waals surface area contributed by atoms with E-state index >= 15 is 0 Å². The van der Waals surface area contributed by atoms with E-state index in [1.807, 2.05) is 0 Å². The first kappa shape index (κ1) is 12.0. The molecule has 0 aromatic carbocycles. The molecule has 5 nitrogen and oxygen atoms in total. The van der Waals surface area contributed by atoms with Crippen molar-refractivity contribution in [2.45, 2.75) is 44.7 Å². The van der Waals surface area contributed by atoms with Crippen LogP contribution in [0, 0.1) is 0 Å². The molecule has 1 aliphatic carbocycles. The van der Waals surface area contributed by atoms with Gasteiger partial charge >= 0.3 is 5.97 Å². The number of carbonyl (C=O) groups excluding carboxylic acids is 1. The number of carboxylic acid groups (broad SMARTS) is 1. The van der Waals surface area contributed by atoms with E-state index < -0.39 is 5.97 Å². The van der Waals surface area contributed by atoms with E-state index in [2.05, 4.69) is 10.6 Å². The third kappa shape index (κ3) is 4.29. The maximum Gasteiger partial charge on any atom is 0.317 e. The van der Waals surface area contributed by atoms with Gasteiger partial charge in [-0.1, -0.05) is 12.8 Å². The molecule has 0 heterocycles. The first-order valence-electron chi connectivity index (χ1n) is 5.32. The van der Waals surface area contributed by atoms with Crippen molar-refractivity contribution in [2.75, 3.05) is 6.54 Å². The molecule has 0 saturated heterocycles. The zero-order valence-electron chi connectivity index (χ0n) is 8.95. The van der Waals surface area contributed by atoms with Crippen molar-refractivity contribution in [3.63, 3.8) is 0 Å². The van der Waals surface area contributed by atoms with Crippen LogP contribution in [0.5, 0.6) is 0 Å². The van der Waals surface area contributed by atoms with E-state index in [4.69, 9.17) is 5.11 Å². The van der Waals surface area contributed by atoms with E-state index in [0.717, 1.165) is 25.7 Å². The van der Waals surface area contributed by atoms with Gasteiger partial charge in [0.25, 0.3) is 0 Å². The average Bonchev–Trinajstić information content (AvgIpc) is 2.15. The molecule has 0 unspecified atom stereocenters. The second-order valence-corrected chi connectivity index (χ2v) is 3.97. The monoisotopic (exact) mass is 214 g/mol. The van der Waals surface area contributed by atoms with E-state index in [1.165, 1.54) is 6.92 Å². The molecule has 0 radical (unpaired) electrons. The van der Waals surface area contributed by atoms with E-state index in [-0.39, 0.29) is 24.5 Å². The summed E-state index contributed by atoms with van der Waals surface area (Å²) in [5.41, 5.74) is 0. The van der Waals surface area contributed by atoms with Crippen LogP contribution < -0.4 is 10.6 Å². The molecule has 1 saturated carbocycles. The fourth-order valence-corrected chi connectivity index (χ4v) is 2.03. The van der Waals surface area contributed by atoms with E-state index in [9.17, 15) is 9.59 Å². The minimum Gasteiger partial charge on any atom is -0.480 e. The topological polar surface area (TPSA) is 78.4 Å². The standard InChI is InChI=1S/C10H18N2O3/c1-7(13)12-9-5-3-2-4-8(9)11-6-10(14)15/h8-9,11H,2-6H2,1H3,(H,12,13)(H,14,15)/t8-,9+/m0/s1. The normalized spacial score (nSPS) is 25.9. The molecule has 5 heteroatoms. The Morgan fingerprint density at radius 1 is 1.27 bits per heavy atom. The van der Waals surface area contributed by atoms with Gasteiger partial charge in [-0.3, -0.25) is 9.59 Å². The lowest BCUT2D eigenvalue weighted by Crippen LogP contribution is -2.52. The Bertz CT molecular complexity index is 243. The van der Waals surface area contributed by atoms with Crippen LogP contribution in [0.3, 0.4) is 0 Å². The molecule has 1 aliphatic rings. The highest BCUT2D eigenvalue weighted by molar-refractivity contribution is 5.73. The summed E-state index contributed by atoms with van der Waals surface area (Å²) in [6.45, 7) is 1.45. The second-order valence-electron chi connectivity index (χ2n) is 3.97. The van der Waals surface area contributed by atoms with Gasteiger partial charge in [0, 0.05) is 19.0 Å². The number of nitrogens with one attached hydrogen (secondary N) is 2. The zero-order valence-corrected chi connectivity index (χ0v) is 8.95. The summed E-state index contributed by atoms with van der Waals surface area (Å²) in [5.74, 6) is -0.911. The highest BCUT2D eigenvalue weighted by Gasteiger charge is 2.25. The molecule has 1 amide bonds. The summed E-state index contributed by atoms with van der Waals surface area (Å²) < 4.78 is 0. The highest BCUT2D eigenvalue weighted by atomic mass is 16.4. The lowest BCUT2D eigenvalue weighted by Gasteiger charge is -2.32. The van der Waals surface area contributed by atoms with Crippen molar-refractivity contribution in [3.8, 4) is 0 Å². The van der Waals surface area contributed by atoms with Crippen LogP contribution in [0.1, 0.15) is 32.6 Å². The van der Waals surface area contributed by atoms with Gasteiger partial charge in [0.2, 0.25) is 5.91 Å². The molecule has 0 spiro atoms. The summed E-state index contributed by atoms with van der Waals surface area (Å²) in [7, 11) is 0. The van der Waals surface area contributed by atoms with Crippen molar-refractivity contribution < 1.29 is 14.7 Å². The Morgan fingerprint density at radius 2 is 1.87 bits per heavy atom. The van der Waals surface area contributed by atoms with Crippen molar-refractivity contribution in [1.29, 1.82) is 0 Å². The Hall–Kier alpha value is -1.10. The number of amides is 1. The minimum absolute atomic E-state index is 0.0409. The molecule has 3 N–H and O–H groups in total. The predicted octanol–water partition coefficient (Wildman–Crippen LogP) is 0.108. The fraction of sp³-hybridized carbons (Fsp3) is 0.800. The van der Waals surface area contributed by atoms with Gasteiger partial charge in [-0.25, -0.2) is 0 Å². The Balaban J connectivity index is 2.42. The second kappa shape index (κ2) is 5.70. The van der Waals surface area contributed by atoms with Gasteiger partial charge in [0.05, 0.1) is 6.54 Å². The quantitative estimate of drug-likeness (QED) is 0.620. The van der Waals surface area contributed by atoms with E-state index in [1.54, 1.807) is 0 Å². The van der Waals surface area contributed by atoms with Crippen LogP contribution in [0.25, 0.3) is 0 Å². The van der Waals surface area contributed by atoms with Crippen LogP contribution in [-0.4, -0.2) is 35.6 Å². The summed E-state index contributed by atoms with van der Waals surface area (Å²) in [4.78, 5) is 21.4. The average molecular weight is 214 g/mol. The van der Waals surface area contributed by atoms with Gasteiger partial charge in [-0.15, -0.1) is 0 Å². The molecular weight excluding hydrogens is 196 g/mol. The van der Waals surface area contributed by atoms with Gasteiger partial charge in [0.15, 0.2) is 0 Å². The van der Waals surface area contributed by atoms with Crippen LogP contribution in [-0.2, 0) is 9.59 Å². The Labute approximate surface area is 89.2 Å². The highest BCUT2D eigenvalue weighted by Crippen LogP contribution is 2.18. The Morgan fingerprint density at radius 3 is 2.40 bits per heavy atom. The molecule has 86 valence electrons. The number of carbonyl (C=O) groups is 2. The van der Waals surface area contributed by atoms with Crippen LogP contribution in [0.2, 0.25) is 0 Å². The molecule has 15 heavy (non-hydrogen) atoms. The van der Waals surface area contributed by atoms with Crippen LogP contribution in [0.4, 0.5) is 0 Å². The third-order valence-electron chi connectivity index (χ3n) is 2.67. The first-order valence-corrected chi connectivity index (χ1v) is 5.32. The summed E-state index contributed by atoms with van der Waals surface area (Å²) in [6.07, 6.45) is 4.04. The lowest BCUT2D eigenvalue weighted by atomic mass is 9.90. The molecule has 1 rings (SSSR count). The zero-order chi connectivity index (χ0) is 11.3. The van der Waals surface area contributed by atoms with Gasteiger partial charge < -0.3 is 15.7 Å².